The number of para-hydroxylation sites is 1. The van der Waals surface area contributed by atoms with Crippen LogP contribution in [0.5, 0.6) is 5.95 Å². The fraction of sp³-hybridized carbons (Fsp3) is 0.429. The molecule has 1 aliphatic carbocycles. The molecular formula is C14H17N3O2. The Morgan fingerprint density at radius 2 is 2.00 bits per heavy atom. The summed E-state index contributed by atoms with van der Waals surface area (Å²) in [7, 11) is 0. The highest BCUT2D eigenvalue weighted by Crippen LogP contribution is 2.18. The molecule has 0 saturated heterocycles. The normalized spacial score (nSPS) is 16.0. The highest BCUT2D eigenvalue weighted by atomic mass is 16.6. The first-order chi connectivity index (χ1) is 9.34. The van der Waals surface area contributed by atoms with Gasteiger partial charge in [0.05, 0.1) is 11.8 Å². The third-order valence-corrected chi connectivity index (χ3v) is 3.61. The van der Waals surface area contributed by atoms with Crippen molar-refractivity contribution in [3.05, 3.63) is 36.0 Å². The first kappa shape index (κ1) is 12.2. The van der Waals surface area contributed by atoms with E-state index in [1.165, 1.54) is 25.7 Å². The second-order valence-corrected chi connectivity index (χ2v) is 4.92. The third kappa shape index (κ3) is 2.61. The standard InChI is InChI=1S/C14H17N3O2/c18-14-13(10-15-11-6-4-5-7-11)17(16-19-14)12-8-2-1-3-9-12/h1-3,8-9,11,15H,4-7,10H2. The zero-order chi connectivity index (χ0) is 13.1. The van der Waals surface area contributed by atoms with Gasteiger partial charge in [-0.15, -0.1) is 0 Å². The summed E-state index contributed by atoms with van der Waals surface area (Å²) in [5.41, 5.74) is 1.40. The summed E-state index contributed by atoms with van der Waals surface area (Å²) >= 11 is 0. The van der Waals surface area contributed by atoms with Crippen LogP contribution in [0.1, 0.15) is 31.4 Å². The van der Waals surface area contributed by atoms with Gasteiger partial charge in [0.2, 0.25) is 5.69 Å². The molecule has 1 aromatic carbocycles. The smallest absolute Gasteiger partial charge is 0.253 e. The van der Waals surface area contributed by atoms with Crippen LogP contribution in [0, 0.1) is 0 Å². The van der Waals surface area contributed by atoms with Crippen LogP contribution < -0.4 is 15.1 Å². The van der Waals surface area contributed by atoms with Gasteiger partial charge in [-0.05, 0) is 17.5 Å². The highest BCUT2D eigenvalue weighted by molar-refractivity contribution is 5.22. The van der Waals surface area contributed by atoms with Gasteiger partial charge >= 0.3 is 0 Å². The van der Waals surface area contributed by atoms with Crippen LogP contribution in [0.25, 0.3) is 5.69 Å². The van der Waals surface area contributed by atoms with Crippen molar-refractivity contribution >= 4 is 0 Å². The largest absolute Gasteiger partial charge is 0.539 e. The molecule has 1 N–H and O–H groups in total. The molecule has 0 bridgehead atoms. The molecule has 100 valence electrons. The van der Waals surface area contributed by atoms with E-state index in [-0.39, 0.29) is 5.95 Å². The molecular weight excluding hydrogens is 242 g/mol. The lowest BCUT2D eigenvalue weighted by atomic mass is 10.2. The van der Waals surface area contributed by atoms with Crippen LogP contribution in [0.15, 0.2) is 34.9 Å². The molecule has 0 aliphatic heterocycles. The Balaban J connectivity index is 1.78. The highest BCUT2D eigenvalue weighted by Gasteiger charge is 2.22. The molecule has 2 aromatic rings. The number of nitrogens with one attached hydrogen (secondary N) is 1. The van der Waals surface area contributed by atoms with Crippen molar-refractivity contribution in [2.24, 2.45) is 0 Å². The fourth-order valence-corrected chi connectivity index (χ4v) is 2.56. The molecule has 1 heterocycles. The zero-order valence-corrected chi connectivity index (χ0v) is 10.7. The molecule has 1 fully saturated rings. The number of rotatable bonds is 4. The zero-order valence-electron chi connectivity index (χ0n) is 10.7. The first-order valence-electron chi connectivity index (χ1n) is 6.71. The quantitative estimate of drug-likeness (QED) is 0.834. The SMILES string of the molecule is [O-]c1on[n+](-c2ccccc2)c1CNC1CCCC1. The Morgan fingerprint density at radius 3 is 2.74 bits per heavy atom. The lowest BCUT2D eigenvalue weighted by Crippen LogP contribution is -2.40. The molecule has 0 radical (unpaired) electrons. The summed E-state index contributed by atoms with van der Waals surface area (Å²) in [4.78, 5) is 0. The van der Waals surface area contributed by atoms with Gasteiger partial charge in [-0.3, -0.25) is 0 Å². The van der Waals surface area contributed by atoms with Crippen LogP contribution in [0.2, 0.25) is 0 Å². The lowest BCUT2D eigenvalue weighted by molar-refractivity contribution is -0.677. The average molecular weight is 259 g/mol. The number of nitrogens with zero attached hydrogens (tertiary/aromatic N) is 2. The van der Waals surface area contributed by atoms with Crippen molar-refractivity contribution in [1.29, 1.82) is 0 Å². The maximum absolute atomic E-state index is 11.7. The van der Waals surface area contributed by atoms with Gasteiger partial charge < -0.3 is 14.9 Å². The van der Waals surface area contributed by atoms with E-state index in [1.54, 1.807) is 4.68 Å². The molecule has 5 nitrogen and oxygen atoms in total. The van der Waals surface area contributed by atoms with Crippen molar-refractivity contribution in [2.45, 2.75) is 38.3 Å². The van der Waals surface area contributed by atoms with Crippen molar-refractivity contribution in [1.82, 2.24) is 10.6 Å². The second-order valence-electron chi connectivity index (χ2n) is 4.92. The van der Waals surface area contributed by atoms with E-state index >= 15 is 0 Å². The van der Waals surface area contributed by atoms with E-state index in [2.05, 4.69) is 10.6 Å². The summed E-state index contributed by atoms with van der Waals surface area (Å²) in [6.07, 6.45) is 4.91. The van der Waals surface area contributed by atoms with E-state index < -0.39 is 0 Å². The lowest BCUT2D eigenvalue weighted by Gasteiger charge is -2.09. The molecule has 5 heteroatoms. The van der Waals surface area contributed by atoms with Crippen LogP contribution in [0.4, 0.5) is 0 Å². The summed E-state index contributed by atoms with van der Waals surface area (Å²) in [6.45, 7) is 0.502. The Labute approximate surface area is 111 Å². The van der Waals surface area contributed by atoms with Gasteiger partial charge in [-0.1, -0.05) is 31.0 Å². The molecule has 3 rings (SSSR count). The molecule has 19 heavy (non-hydrogen) atoms. The monoisotopic (exact) mass is 259 g/mol. The number of aromatic nitrogens is 2. The Bertz CT molecular complexity index is 533. The van der Waals surface area contributed by atoms with Crippen LogP contribution in [-0.4, -0.2) is 11.3 Å². The summed E-state index contributed by atoms with van der Waals surface area (Å²) in [5.74, 6) is -0.366. The Kier molecular flexibility index (Phi) is 3.46. The van der Waals surface area contributed by atoms with Crippen LogP contribution in [0.3, 0.4) is 0 Å². The van der Waals surface area contributed by atoms with E-state index in [0.29, 0.717) is 18.3 Å². The molecule has 1 aliphatic rings. The van der Waals surface area contributed by atoms with Gasteiger partial charge in [0.1, 0.15) is 0 Å². The molecule has 0 amide bonds. The Hall–Kier alpha value is -1.88. The van der Waals surface area contributed by atoms with E-state index in [4.69, 9.17) is 4.52 Å². The van der Waals surface area contributed by atoms with Crippen molar-refractivity contribution in [3.63, 3.8) is 0 Å². The minimum atomic E-state index is -0.366. The third-order valence-electron chi connectivity index (χ3n) is 3.61. The minimum Gasteiger partial charge on any atom is -0.539 e. The second kappa shape index (κ2) is 5.40. The maximum atomic E-state index is 11.7. The summed E-state index contributed by atoms with van der Waals surface area (Å²) in [6, 6.07) is 10.1. The van der Waals surface area contributed by atoms with Gasteiger partial charge in [-0.25, -0.2) is 0 Å². The molecule has 0 spiro atoms. The molecule has 1 aromatic heterocycles. The number of hydrogen-bond donors (Lipinski definition) is 1. The van der Waals surface area contributed by atoms with Crippen molar-refractivity contribution in [3.8, 4) is 11.6 Å². The molecule has 0 atom stereocenters. The predicted molar refractivity (Wildman–Crippen MR) is 66.6 cm³/mol. The maximum Gasteiger partial charge on any atom is 0.253 e. The van der Waals surface area contributed by atoms with E-state index in [0.717, 1.165) is 5.69 Å². The Morgan fingerprint density at radius 1 is 1.26 bits per heavy atom. The van der Waals surface area contributed by atoms with Crippen LogP contribution >= 0.6 is 0 Å². The van der Waals surface area contributed by atoms with Crippen LogP contribution in [-0.2, 0) is 6.54 Å². The van der Waals surface area contributed by atoms with Gasteiger partial charge in [0.15, 0.2) is 5.95 Å². The predicted octanol–water partition coefficient (Wildman–Crippen LogP) is 1.06. The fourth-order valence-electron chi connectivity index (χ4n) is 2.56. The van der Waals surface area contributed by atoms with Crippen molar-refractivity contribution in [2.75, 3.05) is 0 Å². The van der Waals surface area contributed by atoms with E-state index in [9.17, 15) is 5.11 Å². The van der Waals surface area contributed by atoms with E-state index in [1.807, 2.05) is 30.3 Å². The number of benzene rings is 1. The van der Waals surface area contributed by atoms with Gasteiger partial charge in [0.25, 0.3) is 5.69 Å². The molecule has 1 saturated carbocycles. The minimum absolute atomic E-state index is 0.366. The topological polar surface area (TPSA) is 65.0 Å². The first-order valence-corrected chi connectivity index (χ1v) is 6.71. The number of hydrogen-bond acceptors (Lipinski definition) is 4. The summed E-state index contributed by atoms with van der Waals surface area (Å²) < 4.78 is 6.36. The summed E-state index contributed by atoms with van der Waals surface area (Å²) in [5, 5.41) is 19.0. The van der Waals surface area contributed by atoms with Gasteiger partial charge in [0, 0.05) is 18.2 Å². The van der Waals surface area contributed by atoms with Gasteiger partial charge in [-0.2, -0.15) is 0 Å². The molecule has 0 unspecified atom stereocenters. The van der Waals surface area contributed by atoms with Crippen molar-refractivity contribution < 1.29 is 14.3 Å². The average Bonchev–Trinajstić information content (AvgIpc) is 3.07.